The Kier molecular flexibility index (Phi) is 28.8. The van der Waals surface area contributed by atoms with Crippen molar-refractivity contribution in [1.29, 1.82) is 0 Å². The number of nitrogens with one attached hydrogen (secondary N) is 6. The first-order valence-corrected chi connectivity index (χ1v) is 31.5. The van der Waals surface area contributed by atoms with Gasteiger partial charge in [0.25, 0.3) is 11.8 Å². The Balaban J connectivity index is 1.14. The van der Waals surface area contributed by atoms with Crippen LogP contribution in [-0.4, -0.2) is 176 Å². The number of hydrogen-bond acceptors (Lipinski definition) is 14. The second kappa shape index (κ2) is 35.8. The number of hydrogen-bond donors (Lipinski definition) is 7. The van der Waals surface area contributed by atoms with Gasteiger partial charge in [0, 0.05) is 65.3 Å². The van der Waals surface area contributed by atoms with Gasteiger partial charge >= 0.3 is 12.1 Å². The minimum atomic E-state index is -1.13. The summed E-state index contributed by atoms with van der Waals surface area (Å²) in [6.45, 7) is 14.6. The summed E-state index contributed by atoms with van der Waals surface area (Å²) >= 11 is 0. The van der Waals surface area contributed by atoms with E-state index in [9.17, 15) is 52.7 Å². The second-order valence-electron chi connectivity index (χ2n) is 24.5. The highest BCUT2D eigenvalue weighted by molar-refractivity contribution is 6.28. The average molecular weight is 1280 g/mol. The van der Waals surface area contributed by atoms with E-state index in [-0.39, 0.29) is 68.7 Å². The Morgan fingerprint density at radius 3 is 1.93 bits per heavy atom. The maximum Gasteiger partial charge on any atom is 0.410 e. The number of nitrogens with two attached hydrogens (primary N) is 1. The van der Waals surface area contributed by atoms with E-state index in [1.54, 1.807) is 95.3 Å². The highest BCUT2D eigenvalue weighted by Crippen LogP contribution is 2.30. The van der Waals surface area contributed by atoms with Crippen molar-refractivity contribution in [3.05, 3.63) is 108 Å². The van der Waals surface area contributed by atoms with Gasteiger partial charge in [-0.05, 0) is 97.7 Å². The van der Waals surface area contributed by atoms with Crippen molar-refractivity contribution in [2.75, 3.05) is 58.2 Å². The van der Waals surface area contributed by atoms with Crippen LogP contribution in [0, 0.1) is 23.7 Å². The fraction of sp³-hybridized carbons (Fsp3) is 0.537. The number of primary amides is 1. The van der Waals surface area contributed by atoms with Crippen molar-refractivity contribution < 1.29 is 67.0 Å². The van der Waals surface area contributed by atoms with E-state index in [4.69, 9.17) is 19.9 Å². The number of nitrogens with zero attached hydrogens (tertiary/aromatic N) is 4. The fourth-order valence-corrected chi connectivity index (χ4v) is 11.7. The van der Waals surface area contributed by atoms with Crippen molar-refractivity contribution >= 4 is 76.7 Å². The number of rotatable bonds is 34. The van der Waals surface area contributed by atoms with Gasteiger partial charge in [-0.15, -0.1) is 0 Å². The number of benzene rings is 3. The summed E-state index contributed by atoms with van der Waals surface area (Å²) in [7, 11) is 6.09. The zero-order valence-corrected chi connectivity index (χ0v) is 55.2. The van der Waals surface area contributed by atoms with Crippen LogP contribution in [0.1, 0.15) is 111 Å². The van der Waals surface area contributed by atoms with E-state index in [0.717, 1.165) is 21.8 Å². The minimum absolute atomic E-state index is 0.0522. The van der Waals surface area contributed by atoms with Crippen LogP contribution in [0.25, 0.3) is 0 Å². The van der Waals surface area contributed by atoms with Crippen molar-refractivity contribution in [3.8, 4) is 0 Å². The number of imide groups is 1. The lowest BCUT2D eigenvalue weighted by Crippen LogP contribution is -2.56. The predicted octanol–water partition coefficient (Wildman–Crippen LogP) is 4.75. The van der Waals surface area contributed by atoms with E-state index in [1.165, 1.54) is 31.2 Å². The molecule has 0 radical (unpaired) electrons. The van der Waals surface area contributed by atoms with Crippen LogP contribution in [0.2, 0.25) is 0 Å². The molecule has 3 aromatic rings. The molecule has 92 heavy (non-hydrogen) atoms. The number of likely N-dealkylation sites (N-methyl/N-ethyl adjacent to an activating group) is 2. The van der Waals surface area contributed by atoms with E-state index in [1.807, 2.05) is 58.0 Å². The number of ether oxygens (including phenoxy) is 3. The number of carbonyl (C=O) groups is 11. The molecule has 12 amide bonds. The molecule has 25 heteroatoms. The molecular weight excluding hydrogens is 1180 g/mol. The minimum Gasteiger partial charge on any atom is -0.445 e. The molecule has 8 N–H and O–H groups in total. The maximum absolute atomic E-state index is 14.3. The third-order valence-electron chi connectivity index (χ3n) is 16.9. The quantitative estimate of drug-likeness (QED) is 0.0314. The molecule has 0 aliphatic carbocycles. The Labute approximate surface area is 540 Å². The summed E-state index contributed by atoms with van der Waals surface area (Å²) in [4.78, 5) is 151. The van der Waals surface area contributed by atoms with Crippen molar-refractivity contribution in [2.24, 2.45) is 29.4 Å². The molecule has 502 valence electrons. The molecule has 2 heterocycles. The lowest BCUT2D eigenvalue weighted by Gasteiger charge is -2.39. The molecule has 2 unspecified atom stereocenters. The Morgan fingerprint density at radius 2 is 1.35 bits per heavy atom. The third-order valence-corrected chi connectivity index (χ3v) is 16.9. The fourth-order valence-electron chi connectivity index (χ4n) is 11.7. The van der Waals surface area contributed by atoms with E-state index in [0.29, 0.717) is 48.3 Å². The van der Waals surface area contributed by atoms with Crippen molar-refractivity contribution in [1.82, 2.24) is 41.3 Å². The number of anilines is 2. The molecule has 2 aliphatic rings. The summed E-state index contributed by atoms with van der Waals surface area (Å²) in [5.74, 6) is -5.63. The van der Waals surface area contributed by atoms with Crippen LogP contribution in [0.15, 0.2) is 91.0 Å². The highest BCUT2D eigenvalue weighted by Gasteiger charge is 2.43. The summed E-state index contributed by atoms with van der Waals surface area (Å²) in [5.41, 5.74) is 8.09. The molecule has 0 aromatic heterocycles. The first kappa shape index (κ1) is 74.0. The summed E-state index contributed by atoms with van der Waals surface area (Å²) in [6.07, 6.45) is 3.01. The molecule has 1 saturated heterocycles. The number of methoxy groups -OCH3 is 2. The van der Waals surface area contributed by atoms with Gasteiger partial charge in [-0.1, -0.05) is 109 Å². The number of likely N-dealkylation sites (tertiary alicyclic amines) is 1. The lowest BCUT2D eigenvalue weighted by atomic mass is 9.90. The summed E-state index contributed by atoms with van der Waals surface area (Å²) < 4.78 is 17.6. The zero-order valence-electron chi connectivity index (χ0n) is 55.2. The van der Waals surface area contributed by atoms with Crippen LogP contribution in [0.5, 0.6) is 0 Å². The Morgan fingerprint density at radius 1 is 0.707 bits per heavy atom. The lowest BCUT2D eigenvalue weighted by molar-refractivity contribution is -0.146. The molecule has 5 rings (SSSR count). The van der Waals surface area contributed by atoms with Gasteiger partial charge in [-0.2, -0.15) is 0 Å². The van der Waals surface area contributed by atoms with Gasteiger partial charge in [0.1, 0.15) is 24.7 Å². The average Bonchev–Trinajstić information content (AvgIpc) is 1.58. The molecule has 3 aromatic carbocycles. The maximum atomic E-state index is 14.3. The van der Waals surface area contributed by atoms with Crippen LogP contribution >= 0.6 is 0 Å². The molecule has 10 atom stereocenters. The van der Waals surface area contributed by atoms with Gasteiger partial charge in [0.05, 0.1) is 55.3 Å². The van der Waals surface area contributed by atoms with E-state index < -0.39 is 114 Å². The first-order chi connectivity index (χ1) is 43.7. The predicted molar refractivity (Wildman–Crippen MR) is 346 cm³/mol. The molecular formula is C67H95N11O14. The SMILES string of the molecule is CC[C@H](C)C([C@@H](CC(=O)N1CCC[C@H]1[C@H](OC)[C@@H](C)C(=O)N[C@H](C)Cc1ccccc1)OC)N(C)C(=O)CNC(=O)[C@H](C(C)C)N(C)C(=O)OCc1ccc(NC(=O)C(CCCNC(N)=O)NC(=O)[C@@H](NC(=O)Cc2ccc(N3C(=O)C=CC3=O)cc2)C(C)C)cc1. The molecule has 0 saturated carbocycles. The normalized spacial score (nSPS) is 16.7. The largest absolute Gasteiger partial charge is 0.445 e. The number of urea groups is 1. The van der Waals surface area contributed by atoms with Crippen molar-refractivity contribution in [2.45, 2.75) is 162 Å². The Bertz CT molecular complexity index is 3040. The van der Waals surface area contributed by atoms with E-state index in [2.05, 4.69) is 31.9 Å². The number of amides is 12. The smallest absolute Gasteiger partial charge is 0.410 e. The highest BCUT2D eigenvalue weighted by atomic mass is 16.6. The summed E-state index contributed by atoms with van der Waals surface area (Å²) in [5, 5.41) is 16.6. The number of carbonyl (C=O) groups excluding carboxylic acids is 11. The monoisotopic (exact) mass is 1280 g/mol. The second-order valence-corrected chi connectivity index (χ2v) is 24.5. The van der Waals surface area contributed by atoms with Crippen LogP contribution in [0.3, 0.4) is 0 Å². The molecule has 1 fully saturated rings. The molecule has 25 nitrogen and oxygen atoms in total. The van der Waals surface area contributed by atoms with Gasteiger partial charge in [0.2, 0.25) is 41.4 Å². The Hall–Kier alpha value is -8.71. The molecule has 0 bridgehead atoms. The van der Waals surface area contributed by atoms with Gasteiger partial charge in [-0.25, -0.2) is 14.5 Å². The van der Waals surface area contributed by atoms with E-state index >= 15 is 0 Å². The van der Waals surface area contributed by atoms with Crippen LogP contribution < -0.4 is 42.5 Å². The summed E-state index contributed by atoms with van der Waals surface area (Å²) in [6, 6.07) is 17.4. The molecule has 2 aliphatic heterocycles. The van der Waals surface area contributed by atoms with Crippen molar-refractivity contribution in [3.63, 3.8) is 0 Å². The third kappa shape index (κ3) is 21.2. The topological polar surface area (TPSA) is 327 Å². The molecule has 0 spiro atoms. The van der Waals surface area contributed by atoms with Gasteiger partial charge < -0.3 is 61.6 Å². The van der Waals surface area contributed by atoms with Gasteiger partial charge in [0.15, 0.2) is 0 Å². The van der Waals surface area contributed by atoms with Crippen LogP contribution in [0.4, 0.5) is 21.0 Å². The standard InChI is InChI=1S/C67H95N11O14/c1-13-42(6)60(52(90-11)37-56(82)77-34-18-22-51(77)61(91-12)44(8)62(84)71-43(7)35-45-19-15-14-16-20-45)75(9)57(83)38-70-65(87)59(41(4)5)76(10)67(89)92-39-47-23-27-48(28-24-47)72-63(85)50(21-17-33-69-66(68)88)73-64(86)58(40(2)3)74-53(79)36-46-25-29-49(30-26-46)78-54(80)31-32-55(78)81/h14-16,19-20,23-32,40-44,50-52,58-61H,13,17-18,21-22,33-39H2,1-12H3,(H,70,87)(H,71,84)(H,72,85)(H,73,86)(H,74,79)(H3,68,69,88)/t42-,43+,44+,50?,51-,52+,58-,59-,60?,61+/m0/s1. The first-order valence-electron chi connectivity index (χ1n) is 31.5. The van der Waals surface area contributed by atoms with Gasteiger partial charge in [-0.3, -0.25) is 48.1 Å². The van der Waals surface area contributed by atoms with Crippen LogP contribution in [-0.2, 0) is 76.8 Å². The zero-order chi connectivity index (χ0) is 67.9.